The van der Waals surface area contributed by atoms with Crippen LogP contribution in [0.25, 0.3) is 33.5 Å². The summed E-state index contributed by atoms with van der Waals surface area (Å²) >= 11 is 0. The van der Waals surface area contributed by atoms with E-state index in [2.05, 4.69) is 47.5 Å². The number of carbonyl (C=O) groups excluding carboxylic acids is 2. The minimum absolute atomic E-state index is 0.0397. The zero-order chi connectivity index (χ0) is 32.0. The average Bonchev–Trinajstić information content (AvgIpc) is 3.93. The zero-order valence-electron chi connectivity index (χ0n) is 25.7. The molecule has 3 aliphatic rings. The summed E-state index contributed by atoms with van der Waals surface area (Å²) in [6.07, 6.45) is 8.15. The summed E-state index contributed by atoms with van der Waals surface area (Å²) < 4.78 is 14.6. The van der Waals surface area contributed by atoms with Crippen LogP contribution >= 0.6 is 0 Å². The molecule has 3 fully saturated rings. The number of anilines is 2. The summed E-state index contributed by atoms with van der Waals surface area (Å²) in [4.78, 5) is 46.0. The normalized spacial score (nSPS) is 22.3. The highest BCUT2D eigenvalue weighted by molar-refractivity contribution is 6.00. The molecule has 238 valence electrons. The summed E-state index contributed by atoms with van der Waals surface area (Å²) in [5.41, 5.74) is 3.93. The van der Waals surface area contributed by atoms with Crippen molar-refractivity contribution in [2.45, 2.75) is 24.9 Å². The van der Waals surface area contributed by atoms with Crippen LogP contribution in [0.2, 0.25) is 0 Å². The number of hydrogen-bond acceptors (Lipinski definition) is 8. The molecule has 12 heteroatoms. The third-order valence-corrected chi connectivity index (χ3v) is 9.89. The Morgan fingerprint density at radius 1 is 0.957 bits per heavy atom. The number of pyridine rings is 1. The van der Waals surface area contributed by atoms with Crippen LogP contribution in [-0.4, -0.2) is 98.2 Å². The van der Waals surface area contributed by atoms with E-state index in [4.69, 9.17) is 0 Å². The zero-order valence-corrected chi connectivity index (χ0v) is 25.7. The summed E-state index contributed by atoms with van der Waals surface area (Å²) in [5, 5.41) is 11.3. The van der Waals surface area contributed by atoms with Gasteiger partial charge in [-0.3, -0.25) is 24.6 Å². The molecule has 47 heavy (non-hydrogen) atoms. The van der Waals surface area contributed by atoms with Crippen molar-refractivity contribution in [2.75, 3.05) is 49.6 Å². The van der Waals surface area contributed by atoms with Gasteiger partial charge < -0.3 is 15.1 Å². The van der Waals surface area contributed by atoms with E-state index < -0.39 is 12.1 Å². The maximum atomic E-state index is 14.6. The number of hydrogen-bond donors (Lipinski definition) is 2. The quantitative estimate of drug-likeness (QED) is 0.262. The number of nitrogens with one attached hydrogen (secondary N) is 2. The first-order chi connectivity index (χ1) is 23.0. The van der Waals surface area contributed by atoms with Crippen molar-refractivity contribution in [3.63, 3.8) is 0 Å². The summed E-state index contributed by atoms with van der Waals surface area (Å²) in [6.45, 7) is 1.51. The van der Waals surface area contributed by atoms with Crippen molar-refractivity contribution in [3.8, 4) is 22.6 Å². The lowest BCUT2D eigenvalue weighted by molar-refractivity contribution is -0.134. The maximum Gasteiger partial charge on any atom is 0.237 e. The molecular weight excluding hydrogens is 597 g/mol. The van der Waals surface area contributed by atoms with Crippen molar-refractivity contribution in [3.05, 3.63) is 85.5 Å². The number of aromatic nitrogens is 5. The first kappa shape index (κ1) is 29.2. The van der Waals surface area contributed by atoms with Gasteiger partial charge in [-0.2, -0.15) is 5.10 Å². The van der Waals surface area contributed by atoms with Crippen LogP contribution < -0.4 is 10.2 Å². The summed E-state index contributed by atoms with van der Waals surface area (Å²) in [7, 11) is 0. The number of carbonyl (C=O) groups is 2. The Morgan fingerprint density at radius 2 is 1.77 bits per heavy atom. The van der Waals surface area contributed by atoms with E-state index in [0.717, 1.165) is 46.4 Å². The van der Waals surface area contributed by atoms with Crippen LogP contribution in [0.5, 0.6) is 0 Å². The van der Waals surface area contributed by atoms with Crippen LogP contribution in [0.3, 0.4) is 0 Å². The molecule has 8 rings (SSSR count). The Labute approximate surface area is 270 Å². The third-order valence-electron chi connectivity index (χ3n) is 9.89. The Balaban J connectivity index is 0.884. The predicted octanol–water partition coefficient (Wildman–Crippen LogP) is 4.17. The molecule has 11 nitrogen and oxygen atoms in total. The smallest absolute Gasteiger partial charge is 0.237 e. The van der Waals surface area contributed by atoms with Crippen molar-refractivity contribution in [2.24, 2.45) is 5.41 Å². The van der Waals surface area contributed by atoms with Crippen LogP contribution in [-0.2, 0) is 9.59 Å². The third kappa shape index (κ3) is 5.38. The Hall–Kier alpha value is -5.23. The number of halogens is 1. The second-order valence-corrected chi connectivity index (χ2v) is 12.8. The molecule has 0 aliphatic carbocycles. The monoisotopic (exact) mass is 631 g/mol. The number of nitrogens with zero attached hydrogens (tertiary/aromatic N) is 7. The number of fused-ring (bicyclic) bond motifs is 3. The topological polar surface area (TPSA) is 123 Å². The number of amides is 2. The van der Waals surface area contributed by atoms with E-state index in [-0.39, 0.29) is 37.0 Å². The van der Waals surface area contributed by atoms with Gasteiger partial charge in [-0.1, -0.05) is 0 Å². The fourth-order valence-electron chi connectivity index (χ4n) is 7.35. The van der Waals surface area contributed by atoms with E-state index in [1.807, 2.05) is 46.2 Å². The molecule has 1 unspecified atom stereocenters. The van der Waals surface area contributed by atoms with Gasteiger partial charge in [0.2, 0.25) is 11.8 Å². The number of H-pyrrole nitrogens is 1. The second-order valence-electron chi connectivity index (χ2n) is 12.8. The molecule has 3 aromatic heterocycles. The SMILES string of the molecule is O=C(CN1CCC(CF)(C(=O)Nc2ccc3[nH]nc(-c4ccncc4)c3c2)C1)N1C[C@H]2C[C@@H]1CN2c1ccc(-c2ncccn2)cc1. The van der Waals surface area contributed by atoms with Gasteiger partial charge in [0.15, 0.2) is 5.82 Å². The fraction of sp³-hybridized carbons (Fsp3) is 0.314. The second kappa shape index (κ2) is 11.8. The van der Waals surface area contributed by atoms with Gasteiger partial charge in [-0.25, -0.2) is 14.4 Å². The van der Waals surface area contributed by atoms with E-state index in [9.17, 15) is 14.0 Å². The van der Waals surface area contributed by atoms with Crippen molar-refractivity contribution in [1.29, 1.82) is 0 Å². The maximum absolute atomic E-state index is 14.6. The number of aromatic amines is 1. The van der Waals surface area contributed by atoms with Gasteiger partial charge in [-0.15, -0.1) is 0 Å². The Kier molecular flexibility index (Phi) is 7.36. The highest BCUT2D eigenvalue weighted by Crippen LogP contribution is 2.37. The lowest BCUT2D eigenvalue weighted by atomic mass is 9.87. The number of alkyl halides is 1. The van der Waals surface area contributed by atoms with Gasteiger partial charge in [0.1, 0.15) is 12.4 Å². The molecule has 3 saturated heterocycles. The molecule has 0 radical (unpaired) electrons. The van der Waals surface area contributed by atoms with E-state index in [1.54, 1.807) is 36.9 Å². The first-order valence-electron chi connectivity index (χ1n) is 15.9. The molecular formula is C35H34FN9O2. The van der Waals surface area contributed by atoms with Crippen molar-refractivity contribution in [1.82, 2.24) is 34.9 Å². The molecule has 6 heterocycles. The van der Waals surface area contributed by atoms with E-state index in [0.29, 0.717) is 31.0 Å². The van der Waals surface area contributed by atoms with Gasteiger partial charge in [0.05, 0.1) is 23.5 Å². The minimum Gasteiger partial charge on any atom is -0.365 e. The average molecular weight is 632 g/mol. The number of benzene rings is 2. The number of piperazine rings is 1. The lowest BCUT2D eigenvalue weighted by Crippen LogP contribution is -2.51. The van der Waals surface area contributed by atoms with E-state index in [1.165, 1.54) is 0 Å². The molecule has 0 spiro atoms. The highest BCUT2D eigenvalue weighted by atomic mass is 19.1. The van der Waals surface area contributed by atoms with Gasteiger partial charge in [0, 0.05) is 78.4 Å². The van der Waals surface area contributed by atoms with Crippen LogP contribution in [0.4, 0.5) is 15.8 Å². The first-order valence-corrected chi connectivity index (χ1v) is 15.9. The Bertz CT molecular complexity index is 1920. The predicted molar refractivity (Wildman–Crippen MR) is 176 cm³/mol. The van der Waals surface area contributed by atoms with Gasteiger partial charge >= 0.3 is 0 Å². The van der Waals surface area contributed by atoms with E-state index >= 15 is 0 Å². The lowest BCUT2D eigenvalue weighted by Gasteiger charge is -2.36. The molecule has 2 amide bonds. The molecule has 3 aliphatic heterocycles. The van der Waals surface area contributed by atoms with Gasteiger partial charge in [-0.05, 0) is 80.1 Å². The fourth-order valence-corrected chi connectivity index (χ4v) is 7.35. The van der Waals surface area contributed by atoms with Crippen molar-refractivity contribution < 1.29 is 14.0 Å². The number of likely N-dealkylation sites (tertiary alicyclic amines) is 2. The standard InChI is InChI=1S/C35H34FN9O2/c36-21-35(34(47)40-25-4-7-30-29(16-25)32(42-41-30)23-8-13-37-14-9-23)10-15-43(22-35)20-31(46)45-19-27-17-28(45)18-44(27)26-5-2-24(3-6-26)33-38-11-1-12-39-33/h1-9,11-14,16,27-28H,10,15,17-22H2,(H,40,47)(H,41,42)/t27-,28-,35?/m1/s1. The largest absolute Gasteiger partial charge is 0.365 e. The van der Waals surface area contributed by atoms with Crippen LogP contribution in [0.15, 0.2) is 85.5 Å². The highest BCUT2D eigenvalue weighted by Gasteiger charge is 2.48. The summed E-state index contributed by atoms with van der Waals surface area (Å²) in [5.74, 6) is 0.364. The molecule has 5 aromatic rings. The van der Waals surface area contributed by atoms with Crippen LogP contribution in [0, 0.1) is 5.41 Å². The Morgan fingerprint density at radius 3 is 2.51 bits per heavy atom. The molecule has 2 bridgehead atoms. The summed E-state index contributed by atoms with van der Waals surface area (Å²) in [6, 6.07) is 19.7. The molecule has 2 N–H and O–H groups in total. The van der Waals surface area contributed by atoms with Crippen LogP contribution in [0.1, 0.15) is 12.8 Å². The minimum atomic E-state index is -1.21. The molecule has 3 atom stereocenters. The molecule has 2 aromatic carbocycles. The molecule has 0 saturated carbocycles. The van der Waals surface area contributed by atoms with Crippen molar-refractivity contribution >= 4 is 34.1 Å². The van der Waals surface area contributed by atoms with Gasteiger partial charge in [0.25, 0.3) is 0 Å². The number of rotatable bonds is 8.